The van der Waals surface area contributed by atoms with E-state index in [0.717, 1.165) is 5.56 Å². The van der Waals surface area contributed by atoms with Crippen LogP contribution in [-0.4, -0.2) is 48.5 Å². The van der Waals surface area contributed by atoms with Gasteiger partial charge in [0, 0.05) is 29.5 Å². The van der Waals surface area contributed by atoms with Gasteiger partial charge in [0.1, 0.15) is 11.7 Å². The Kier molecular flexibility index (Phi) is 6.87. The van der Waals surface area contributed by atoms with Crippen molar-refractivity contribution >= 4 is 39.2 Å². The lowest BCUT2D eigenvalue weighted by Crippen LogP contribution is -2.81. The van der Waals surface area contributed by atoms with E-state index in [4.69, 9.17) is 20.9 Å². The number of ether oxygens (including phenoxy) is 2. The van der Waals surface area contributed by atoms with E-state index >= 15 is 0 Å². The molecule has 2 aromatic carbocycles. The van der Waals surface area contributed by atoms with Crippen molar-refractivity contribution in [3.05, 3.63) is 45.9 Å². The summed E-state index contributed by atoms with van der Waals surface area (Å²) in [5, 5.41) is 10.7. The van der Waals surface area contributed by atoms with Gasteiger partial charge >= 0.3 is 5.84 Å². The number of nitrogens with one attached hydrogen (secondary N) is 1. The highest BCUT2D eigenvalue weighted by molar-refractivity contribution is 9.10. The lowest BCUT2D eigenvalue weighted by Gasteiger charge is -2.26. The van der Waals surface area contributed by atoms with E-state index in [-0.39, 0.29) is 52.8 Å². The molecule has 2 aromatic rings. The summed E-state index contributed by atoms with van der Waals surface area (Å²) >= 11 is 3.30. The Morgan fingerprint density at radius 1 is 1.18 bits per heavy atom. The van der Waals surface area contributed by atoms with Gasteiger partial charge in [-0.15, -0.1) is 0 Å². The van der Waals surface area contributed by atoms with Crippen LogP contribution in [0.3, 0.4) is 0 Å². The largest absolute Gasteiger partial charge is 0.505 e. The summed E-state index contributed by atoms with van der Waals surface area (Å²) in [5.41, 5.74) is 13.3. The zero-order valence-electron chi connectivity index (χ0n) is 19.3. The van der Waals surface area contributed by atoms with E-state index in [9.17, 15) is 9.90 Å². The molecule has 0 bridgehead atoms. The molecule has 0 aliphatic carbocycles. The number of nitrogens with zero attached hydrogens (tertiary/aromatic N) is 2. The fourth-order valence-corrected chi connectivity index (χ4v) is 3.87. The minimum absolute atomic E-state index is 0.0223. The van der Waals surface area contributed by atoms with Crippen molar-refractivity contribution in [2.24, 2.45) is 21.9 Å². The van der Waals surface area contributed by atoms with Crippen molar-refractivity contribution in [3.8, 4) is 17.2 Å². The van der Waals surface area contributed by atoms with Crippen LogP contribution < -0.4 is 25.9 Å². The summed E-state index contributed by atoms with van der Waals surface area (Å²) in [6, 6.07) is 8.64. The number of benzene rings is 2. The molecule has 1 aliphatic rings. The number of fused-ring (bicyclic) bond motifs is 1. The number of aromatic hydroxyl groups is 1. The standard InChI is InChI=1S/C23H28BrN5O4/c1-23(2,3)19(12-6-9-15-16(10-12)33-11-32-15)28-21(26)20(25)27-14-8-7-13(24)17(18(14)30)22(31)29(4)5/h6-10,19,30H,11H2,1-5H3,(H2,25,27)(H2,26,28)/p+1/t19-/m0/s1. The number of phenolic OH excluding ortho intramolecular Hbond substituents is 1. The van der Waals surface area contributed by atoms with Gasteiger partial charge in [-0.05, 0) is 40.2 Å². The first-order chi connectivity index (χ1) is 15.4. The fraction of sp³-hybridized carbons (Fsp3) is 0.348. The third-order valence-corrected chi connectivity index (χ3v) is 5.80. The summed E-state index contributed by atoms with van der Waals surface area (Å²) in [4.78, 5) is 21.3. The van der Waals surface area contributed by atoms with Crippen molar-refractivity contribution in [3.63, 3.8) is 0 Å². The van der Waals surface area contributed by atoms with Crippen molar-refractivity contribution in [2.75, 3.05) is 20.9 Å². The molecule has 0 saturated carbocycles. The maximum absolute atomic E-state index is 12.4. The van der Waals surface area contributed by atoms with Crippen LogP contribution in [0.5, 0.6) is 17.2 Å². The zero-order valence-corrected chi connectivity index (χ0v) is 20.9. The monoisotopic (exact) mass is 518 g/mol. The molecular weight excluding hydrogens is 490 g/mol. The van der Waals surface area contributed by atoms with E-state index < -0.39 is 0 Å². The number of amides is 1. The van der Waals surface area contributed by atoms with Crippen molar-refractivity contribution < 1.29 is 24.4 Å². The first-order valence-corrected chi connectivity index (χ1v) is 11.1. The number of rotatable bonds is 4. The van der Waals surface area contributed by atoms with Crippen LogP contribution in [0, 0.1) is 5.41 Å². The number of phenols is 1. The van der Waals surface area contributed by atoms with Gasteiger partial charge in [-0.25, -0.2) is 4.99 Å². The van der Waals surface area contributed by atoms with Crippen molar-refractivity contribution in [1.82, 2.24) is 4.90 Å². The molecule has 1 amide bonds. The number of nitrogens with two attached hydrogens (primary N) is 2. The second-order valence-electron chi connectivity index (χ2n) is 8.96. The highest BCUT2D eigenvalue weighted by Crippen LogP contribution is 2.38. The highest BCUT2D eigenvalue weighted by atomic mass is 79.9. The lowest BCUT2D eigenvalue weighted by atomic mass is 9.82. The molecule has 1 heterocycles. The maximum Gasteiger partial charge on any atom is 0.309 e. The van der Waals surface area contributed by atoms with Gasteiger partial charge < -0.3 is 25.2 Å². The van der Waals surface area contributed by atoms with Gasteiger partial charge in [0.2, 0.25) is 12.6 Å². The summed E-state index contributed by atoms with van der Waals surface area (Å²) < 4.78 is 11.4. The molecule has 33 heavy (non-hydrogen) atoms. The molecule has 0 radical (unpaired) electrons. The number of halogens is 1. The van der Waals surface area contributed by atoms with Crippen LogP contribution in [0.1, 0.15) is 42.7 Å². The summed E-state index contributed by atoms with van der Waals surface area (Å²) in [5.74, 6) is 0.809. The van der Waals surface area contributed by atoms with E-state index in [1.807, 2.05) is 18.2 Å². The van der Waals surface area contributed by atoms with Gasteiger partial charge in [-0.3, -0.25) is 15.5 Å². The summed E-state index contributed by atoms with van der Waals surface area (Å²) in [6.45, 7) is 6.38. The zero-order chi connectivity index (χ0) is 24.5. The average molecular weight is 519 g/mol. The predicted octanol–water partition coefficient (Wildman–Crippen LogP) is 1.80. The average Bonchev–Trinajstić information content (AvgIpc) is 3.20. The van der Waals surface area contributed by atoms with Gasteiger partial charge in [0.25, 0.3) is 5.91 Å². The highest BCUT2D eigenvalue weighted by Gasteiger charge is 2.31. The Morgan fingerprint density at radius 2 is 1.85 bits per heavy atom. The number of aliphatic imine (C=N–C) groups is 1. The Hall–Kier alpha value is -3.27. The normalized spacial score (nSPS) is 14.8. The van der Waals surface area contributed by atoms with Crippen molar-refractivity contribution in [2.45, 2.75) is 26.8 Å². The van der Waals surface area contributed by atoms with E-state index in [1.54, 1.807) is 26.2 Å². The Morgan fingerprint density at radius 3 is 2.48 bits per heavy atom. The van der Waals surface area contributed by atoms with Crippen LogP contribution in [-0.2, 0) is 0 Å². The molecule has 1 atom stereocenters. The minimum Gasteiger partial charge on any atom is -0.505 e. The second-order valence-corrected chi connectivity index (χ2v) is 9.81. The topological polar surface area (TPSA) is 137 Å². The van der Waals surface area contributed by atoms with Crippen LogP contribution in [0.15, 0.2) is 39.8 Å². The van der Waals surface area contributed by atoms with Gasteiger partial charge in [-0.2, -0.15) is 0 Å². The first kappa shape index (κ1) is 24.4. The number of hydrogen-bond acceptors (Lipinski definition) is 5. The van der Waals surface area contributed by atoms with Gasteiger partial charge in [0.15, 0.2) is 17.2 Å². The molecular formula is C23H29BrN5O4+. The van der Waals surface area contributed by atoms with Gasteiger partial charge in [0.05, 0.1) is 5.56 Å². The SMILES string of the molecule is CN(C)C(=O)c1c(Br)ccc(N=C(N)C(N)=[NH+][C@@H](c2ccc3c(c2)OCO3)C(C)(C)C)c1O. The molecule has 0 saturated heterocycles. The minimum atomic E-state index is -0.374. The molecule has 9 nitrogen and oxygen atoms in total. The number of amidine groups is 2. The third-order valence-electron chi connectivity index (χ3n) is 5.14. The van der Waals surface area contributed by atoms with Crippen molar-refractivity contribution in [1.29, 1.82) is 0 Å². The van der Waals surface area contributed by atoms with E-state index in [0.29, 0.717) is 16.0 Å². The van der Waals surface area contributed by atoms with Gasteiger partial charge in [-0.1, -0.05) is 26.8 Å². The summed E-state index contributed by atoms with van der Waals surface area (Å²) in [6.07, 6.45) is 0. The molecule has 0 spiro atoms. The first-order valence-electron chi connectivity index (χ1n) is 10.3. The molecule has 10 heteroatoms. The number of carbonyl (C=O) groups is 1. The van der Waals surface area contributed by atoms with Crippen LogP contribution in [0.4, 0.5) is 5.69 Å². The number of carbonyl (C=O) groups excluding carboxylic acids is 1. The fourth-order valence-electron chi connectivity index (χ4n) is 3.38. The number of hydrogen-bond donors (Lipinski definition) is 4. The summed E-state index contributed by atoms with van der Waals surface area (Å²) in [7, 11) is 3.19. The Bertz CT molecular complexity index is 1140. The molecule has 0 unspecified atom stereocenters. The van der Waals surface area contributed by atoms with Crippen LogP contribution in [0.2, 0.25) is 0 Å². The quantitative estimate of drug-likeness (QED) is 0.359. The third kappa shape index (κ3) is 5.22. The smallest absolute Gasteiger partial charge is 0.309 e. The van der Waals surface area contributed by atoms with Crippen LogP contribution >= 0.6 is 15.9 Å². The van der Waals surface area contributed by atoms with Crippen LogP contribution in [0.25, 0.3) is 0 Å². The molecule has 0 fully saturated rings. The Balaban J connectivity index is 1.99. The lowest BCUT2D eigenvalue weighted by molar-refractivity contribution is -0.529. The molecule has 0 aromatic heterocycles. The molecule has 176 valence electrons. The Labute approximate surface area is 201 Å². The maximum atomic E-state index is 12.4. The second kappa shape index (κ2) is 9.30. The predicted molar refractivity (Wildman–Crippen MR) is 130 cm³/mol. The molecule has 6 N–H and O–H groups in total. The van der Waals surface area contributed by atoms with E-state index in [1.165, 1.54) is 4.90 Å². The molecule has 1 aliphatic heterocycles. The van der Waals surface area contributed by atoms with E-state index in [2.05, 4.69) is 46.7 Å². The molecule has 3 rings (SSSR count).